The highest BCUT2D eigenvalue weighted by Gasteiger charge is 2.21. The lowest BCUT2D eigenvalue weighted by Gasteiger charge is -2.07. The van der Waals surface area contributed by atoms with Gasteiger partial charge in [-0.05, 0) is 12.1 Å². The normalized spacial score (nSPS) is 12.2. The number of rotatable bonds is 6. The van der Waals surface area contributed by atoms with E-state index in [0.29, 0.717) is 24.7 Å². The number of nitrogens with zero attached hydrogens (tertiary/aromatic N) is 3. The van der Waals surface area contributed by atoms with Gasteiger partial charge in [0.25, 0.3) is 10.0 Å². The van der Waals surface area contributed by atoms with E-state index >= 15 is 0 Å². The predicted octanol–water partition coefficient (Wildman–Crippen LogP) is -0.0622. The molecule has 2 aromatic rings. The second-order valence-electron chi connectivity index (χ2n) is 4.04. The molecule has 0 bridgehead atoms. The van der Waals surface area contributed by atoms with Gasteiger partial charge in [-0.25, -0.2) is 17.7 Å². The zero-order valence-corrected chi connectivity index (χ0v) is 11.4. The van der Waals surface area contributed by atoms with E-state index < -0.39 is 10.0 Å². The number of hydrogen-bond donors (Lipinski definition) is 2. The van der Waals surface area contributed by atoms with Gasteiger partial charge in [0.2, 0.25) is 5.09 Å². The van der Waals surface area contributed by atoms with Crippen LogP contribution in [0.1, 0.15) is 11.6 Å². The maximum atomic E-state index is 11.8. The quantitative estimate of drug-likeness (QED) is 0.770. The summed E-state index contributed by atoms with van der Waals surface area (Å²) in [5.41, 5.74) is 0. The van der Waals surface area contributed by atoms with Crippen LogP contribution in [0.3, 0.4) is 0 Å². The van der Waals surface area contributed by atoms with Crippen molar-refractivity contribution in [2.24, 2.45) is 0 Å². The van der Waals surface area contributed by atoms with Gasteiger partial charge >= 0.3 is 0 Å². The Balaban J connectivity index is 1.94. The van der Waals surface area contributed by atoms with E-state index in [4.69, 9.17) is 4.42 Å². The molecule has 0 aliphatic carbocycles. The molecule has 0 atom stereocenters. The molecule has 0 saturated heterocycles. The smallest absolute Gasteiger partial charge is 0.275 e. The van der Waals surface area contributed by atoms with E-state index in [0.717, 1.165) is 4.31 Å². The van der Waals surface area contributed by atoms with E-state index in [1.54, 1.807) is 6.07 Å². The molecule has 0 fully saturated rings. The summed E-state index contributed by atoms with van der Waals surface area (Å²) in [7, 11) is -0.598. The average Bonchev–Trinajstić information content (AvgIpc) is 2.99. The summed E-state index contributed by atoms with van der Waals surface area (Å²) < 4.78 is 30.0. The van der Waals surface area contributed by atoms with Gasteiger partial charge in [0.1, 0.15) is 17.9 Å². The third-order valence-electron chi connectivity index (χ3n) is 2.43. The number of nitrogens with one attached hydrogen (secondary N) is 2. The van der Waals surface area contributed by atoms with Crippen molar-refractivity contribution in [3.63, 3.8) is 0 Å². The Morgan fingerprint density at radius 2 is 2.16 bits per heavy atom. The van der Waals surface area contributed by atoms with Crippen LogP contribution in [0.2, 0.25) is 0 Å². The third-order valence-corrected chi connectivity index (χ3v) is 4.12. The molecule has 0 amide bonds. The van der Waals surface area contributed by atoms with Crippen molar-refractivity contribution in [1.82, 2.24) is 24.8 Å². The first kappa shape index (κ1) is 13.7. The minimum atomic E-state index is -3.51. The Kier molecular flexibility index (Phi) is 3.98. The van der Waals surface area contributed by atoms with Gasteiger partial charge in [-0.3, -0.25) is 5.10 Å². The topological polar surface area (TPSA) is 104 Å². The first-order valence-electron chi connectivity index (χ1n) is 5.56. The molecule has 0 saturated carbocycles. The van der Waals surface area contributed by atoms with Crippen LogP contribution in [0.15, 0.2) is 28.0 Å². The molecule has 2 N–H and O–H groups in total. The number of furan rings is 1. The highest BCUT2D eigenvalue weighted by atomic mass is 32.2. The lowest BCUT2D eigenvalue weighted by Crippen LogP contribution is -2.21. The first-order chi connectivity index (χ1) is 9.00. The zero-order valence-electron chi connectivity index (χ0n) is 10.6. The van der Waals surface area contributed by atoms with E-state index in [-0.39, 0.29) is 5.09 Å². The molecule has 0 aromatic carbocycles. The van der Waals surface area contributed by atoms with Crippen LogP contribution in [-0.4, -0.2) is 42.0 Å². The molecule has 19 heavy (non-hydrogen) atoms. The number of aromatic nitrogens is 3. The summed E-state index contributed by atoms with van der Waals surface area (Å²) in [6, 6.07) is 3.07. The minimum Gasteiger partial charge on any atom is -0.447 e. The Morgan fingerprint density at radius 3 is 2.79 bits per heavy atom. The maximum Gasteiger partial charge on any atom is 0.275 e. The van der Waals surface area contributed by atoms with Gasteiger partial charge in [0, 0.05) is 14.1 Å². The minimum absolute atomic E-state index is 0.0611. The molecule has 8 nitrogen and oxygen atoms in total. The molecule has 0 aliphatic rings. The highest BCUT2D eigenvalue weighted by Crippen LogP contribution is 2.16. The number of sulfonamides is 1. The van der Waals surface area contributed by atoms with Crippen molar-refractivity contribution < 1.29 is 12.8 Å². The Labute approximate surface area is 110 Å². The van der Waals surface area contributed by atoms with Crippen molar-refractivity contribution in [3.05, 3.63) is 30.0 Å². The van der Waals surface area contributed by atoms with Crippen molar-refractivity contribution in [1.29, 1.82) is 0 Å². The second-order valence-corrected chi connectivity index (χ2v) is 6.13. The summed E-state index contributed by atoms with van der Waals surface area (Å²) >= 11 is 0. The molecule has 0 unspecified atom stereocenters. The van der Waals surface area contributed by atoms with Gasteiger partial charge in [-0.15, -0.1) is 0 Å². The monoisotopic (exact) mass is 285 g/mol. The highest BCUT2D eigenvalue weighted by molar-refractivity contribution is 7.88. The fourth-order valence-corrected chi connectivity index (χ4v) is 2.20. The molecule has 2 aromatic heterocycles. The van der Waals surface area contributed by atoms with Gasteiger partial charge in [-0.1, -0.05) is 0 Å². The maximum absolute atomic E-state index is 11.8. The molecule has 104 valence electrons. The lowest BCUT2D eigenvalue weighted by atomic mass is 10.4. The van der Waals surface area contributed by atoms with Crippen LogP contribution in [0, 0.1) is 0 Å². The second kappa shape index (κ2) is 5.51. The van der Waals surface area contributed by atoms with Gasteiger partial charge in [0.15, 0.2) is 0 Å². The van der Waals surface area contributed by atoms with E-state index in [2.05, 4.69) is 20.5 Å². The fourth-order valence-electron chi connectivity index (χ4n) is 1.39. The molecule has 0 radical (unpaired) electrons. The molecule has 2 heterocycles. The molecule has 9 heteroatoms. The molecular weight excluding hydrogens is 270 g/mol. The third kappa shape index (κ3) is 3.19. The summed E-state index contributed by atoms with van der Waals surface area (Å²) in [6.45, 7) is 0.903. The van der Waals surface area contributed by atoms with Gasteiger partial charge in [-0.2, -0.15) is 5.10 Å². The molecule has 2 rings (SSSR count). The lowest BCUT2D eigenvalue weighted by molar-refractivity contribution is 0.388. The number of H-pyrrole nitrogens is 1. The predicted molar refractivity (Wildman–Crippen MR) is 66.5 cm³/mol. The molecule has 0 aliphatic heterocycles. The first-order valence-corrected chi connectivity index (χ1v) is 7.00. The van der Waals surface area contributed by atoms with Crippen LogP contribution >= 0.6 is 0 Å². The zero-order chi connectivity index (χ0) is 13.9. The van der Waals surface area contributed by atoms with Crippen molar-refractivity contribution in [2.75, 3.05) is 14.1 Å². The summed E-state index contributed by atoms with van der Waals surface area (Å²) in [6.07, 6.45) is 1.42. The number of hydrogen-bond acceptors (Lipinski definition) is 6. The standard InChI is InChI=1S/C10H15N5O3S/c1-15(2)19(16,17)10-4-3-8(18-10)5-11-6-9-12-7-13-14-9/h3-4,7,11H,5-6H2,1-2H3,(H,12,13,14). The van der Waals surface area contributed by atoms with E-state index in [1.807, 2.05) is 0 Å². The number of aromatic amines is 1. The Bertz CT molecular complexity index is 617. The van der Waals surface area contributed by atoms with Crippen molar-refractivity contribution >= 4 is 10.0 Å². The summed E-state index contributed by atoms with van der Waals surface area (Å²) in [5.74, 6) is 1.24. The average molecular weight is 285 g/mol. The Morgan fingerprint density at radius 1 is 1.37 bits per heavy atom. The van der Waals surface area contributed by atoms with Crippen LogP contribution in [0.5, 0.6) is 0 Å². The van der Waals surface area contributed by atoms with Crippen molar-refractivity contribution in [2.45, 2.75) is 18.2 Å². The van der Waals surface area contributed by atoms with Crippen LogP contribution in [-0.2, 0) is 23.1 Å². The Hall–Kier alpha value is -1.71. The van der Waals surface area contributed by atoms with E-state index in [1.165, 1.54) is 26.5 Å². The molecule has 0 spiro atoms. The van der Waals surface area contributed by atoms with Gasteiger partial charge < -0.3 is 9.73 Å². The summed E-state index contributed by atoms with van der Waals surface area (Å²) in [5, 5.41) is 9.43. The molecular formula is C10H15N5O3S. The van der Waals surface area contributed by atoms with Crippen molar-refractivity contribution in [3.8, 4) is 0 Å². The SMILES string of the molecule is CN(C)S(=O)(=O)c1ccc(CNCc2ncn[nH]2)o1. The van der Waals surface area contributed by atoms with E-state index in [9.17, 15) is 8.42 Å². The largest absolute Gasteiger partial charge is 0.447 e. The summed E-state index contributed by atoms with van der Waals surface area (Å²) in [4.78, 5) is 3.95. The fraction of sp³-hybridized carbons (Fsp3) is 0.400. The van der Waals surface area contributed by atoms with Gasteiger partial charge in [0.05, 0.1) is 13.1 Å². The van der Waals surface area contributed by atoms with Crippen LogP contribution in [0.25, 0.3) is 0 Å². The van der Waals surface area contributed by atoms with Crippen LogP contribution < -0.4 is 5.32 Å². The van der Waals surface area contributed by atoms with Crippen LogP contribution in [0.4, 0.5) is 0 Å².